The van der Waals surface area contributed by atoms with E-state index in [0.717, 1.165) is 6.61 Å². The molecular weight excluding hydrogens is 150 g/mol. The second-order valence-electron chi connectivity index (χ2n) is 4.39. The van der Waals surface area contributed by atoms with E-state index in [2.05, 4.69) is 0 Å². The van der Waals surface area contributed by atoms with Crippen molar-refractivity contribution < 1.29 is 4.74 Å². The summed E-state index contributed by atoms with van der Waals surface area (Å²) >= 11 is 0. The Kier molecular flexibility index (Phi) is 2.37. The number of ether oxygens (including phenoxy) is 1. The fourth-order valence-corrected chi connectivity index (χ4v) is 1.89. The van der Waals surface area contributed by atoms with Gasteiger partial charge in [-0.25, -0.2) is 0 Å². The van der Waals surface area contributed by atoms with Crippen molar-refractivity contribution in [2.45, 2.75) is 56.6 Å². The molecule has 0 aromatic rings. The van der Waals surface area contributed by atoms with Crippen LogP contribution in [0.1, 0.15) is 44.9 Å². The summed E-state index contributed by atoms with van der Waals surface area (Å²) in [4.78, 5) is 0. The van der Waals surface area contributed by atoms with Crippen LogP contribution in [0, 0.1) is 0 Å². The van der Waals surface area contributed by atoms with Crippen molar-refractivity contribution in [2.75, 3.05) is 6.61 Å². The molecule has 0 amide bonds. The van der Waals surface area contributed by atoms with Crippen molar-refractivity contribution in [3.8, 4) is 0 Å². The van der Waals surface area contributed by atoms with Crippen LogP contribution < -0.4 is 5.73 Å². The highest BCUT2D eigenvalue weighted by Gasteiger charge is 2.38. The zero-order valence-electron chi connectivity index (χ0n) is 7.72. The summed E-state index contributed by atoms with van der Waals surface area (Å²) in [6.45, 7) is 0.974. The van der Waals surface area contributed by atoms with E-state index in [0.29, 0.717) is 6.10 Å². The molecule has 1 saturated carbocycles. The largest absolute Gasteiger partial charge is 0.378 e. The summed E-state index contributed by atoms with van der Waals surface area (Å²) in [5, 5.41) is 0. The highest BCUT2D eigenvalue weighted by atomic mass is 16.5. The van der Waals surface area contributed by atoms with Crippen molar-refractivity contribution in [3.05, 3.63) is 0 Å². The molecule has 0 aromatic carbocycles. The quantitative estimate of drug-likeness (QED) is 0.699. The molecule has 1 aliphatic carbocycles. The maximum atomic E-state index is 6.01. The molecule has 12 heavy (non-hydrogen) atoms. The van der Waals surface area contributed by atoms with Gasteiger partial charge in [0.1, 0.15) is 0 Å². The third-order valence-electron chi connectivity index (χ3n) is 3.13. The summed E-state index contributed by atoms with van der Waals surface area (Å²) < 4.78 is 5.65. The van der Waals surface area contributed by atoms with Crippen molar-refractivity contribution in [3.63, 3.8) is 0 Å². The third-order valence-corrected chi connectivity index (χ3v) is 3.13. The van der Waals surface area contributed by atoms with Crippen LogP contribution in [0.25, 0.3) is 0 Å². The van der Waals surface area contributed by atoms with Crippen LogP contribution in [0.2, 0.25) is 0 Å². The molecule has 0 bridgehead atoms. The van der Waals surface area contributed by atoms with Gasteiger partial charge in [0, 0.05) is 12.1 Å². The van der Waals surface area contributed by atoms with Gasteiger partial charge >= 0.3 is 0 Å². The van der Waals surface area contributed by atoms with Crippen LogP contribution in [-0.4, -0.2) is 18.2 Å². The van der Waals surface area contributed by atoms with Crippen LogP contribution in [-0.2, 0) is 4.74 Å². The Morgan fingerprint density at radius 3 is 2.75 bits per heavy atom. The third kappa shape index (κ3) is 2.20. The molecule has 2 N–H and O–H groups in total. The molecule has 1 saturated heterocycles. The highest BCUT2D eigenvalue weighted by Crippen LogP contribution is 2.37. The summed E-state index contributed by atoms with van der Waals surface area (Å²) in [7, 11) is 0. The molecule has 2 fully saturated rings. The Morgan fingerprint density at radius 2 is 2.17 bits per heavy atom. The molecule has 0 radical (unpaired) electrons. The monoisotopic (exact) mass is 169 g/mol. The van der Waals surface area contributed by atoms with Crippen LogP contribution >= 0.6 is 0 Å². The maximum absolute atomic E-state index is 6.01. The average molecular weight is 169 g/mol. The Morgan fingerprint density at radius 1 is 1.33 bits per heavy atom. The maximum Gasteiger partial charge on any atom is 0.0575 e. The average Bonchev–Trinajstić information content (AvgIpc) is 2.84. The molecule has 0 aromatic heterocycles. The summed E-state index contributed by atoms with van der Waals surface area (Å²) in [5.41, 5.74) is 6.23. The Bertz CT molecular complexity index is 148. The van der Waals surface area contributed by atoms with E-state index in [9.17, 15) is 0 Å². The first kappa shape index (κ1) is 8.52. The zero-order chi connectivity index (χ0) is 8.44. The summed E-state index contributed by atoms with van der Waals surface area (Å²) in [5.74, 6) is 0. The molecule has 2 aliphatic rings. The normalized spacial score (nSPS) is 33.2. The zero-order valence-corrected chi connectivity index (χ0v) is 7.72. The second-order valence-corrected chi connectivity index (χ2v) is 4.39. The van der Waals surface area contributed by atoms with Gasteiger partial charge < -0.3 is 10.5 Å². The Labute approximate surface area is 74.5 Å². The first-order valence-electron chi connectivity index (χ1n) is 5.19. The van der Waals surface area contributed by atoms with Crippen molar-refractivity contribution in [1.29, 1.82) is 0 Å². The van der Waals surface area contributed by atoms with E-state index in [1.165, 1.54) is 44.9 Å². The molecule has 0 spiro atoms. The minimum atomic E-state index is 0.223. The van der Waals surface area contributed by atoms with Gasteiger partial charge in [0.2, 0.25) is 0 Å². The SMILES string of the molecule is NC1(CCC2CCCCO2)CC1. The Balaban J connectivity index is 1.65. The molecule has 2 nitrogen and oxygen atoms in total. The van der Waals surface area contributed by atoms with Crippen LogP contribution in [0.3, 0.4) is 0 Å². The lowest BCUT2D eigenvalue weighted by Crippen LogP contribution is -2.26. The summed E-state index contributed by atoms with van der Waals surface area (Å²) in [6.07, 6.45) is 9.23. The van der Waals surface area contributed by atoms with E-state index in [1.807, 2.05) is 0 Å². The standard InChI is InChI=1S/C10H19NO/c11-10(6-7-10)5-4-9-3-1-2-8-12-9/h9H,1-8,11H2. The minimum Gasteiger partial charge on any atom is -0.378 e. The lowest BCUT2D eigenvalue weighted by atomic mass is 10.0. The van der Waals surface area contributed by atoms with Gasteiger partial charge in [-0.3, -0.25) is 0 Å². The lowest BCUT2D eigenvalue weighted by molar-refractivity contribution is 0.00870. The molecule has 1 aliphatic heterocycles. The number of rotatable bonds is 3. The van der Waals surface area contributed by atoms with Crippen molar-refractivity contribution in [2.24, 2.45) is 5.73 Å². The highest BCUT2D eigenvalue weighted by molar-refractivity contribution is 4.98. The second kappa shape index (κ2) is 3.35. The van der Waals surface area contributed by atoms with Crippen molar-refractivity contribution in [1.82, 2.24) is 0 Å². The molecule has 70 valence electrons. The lowest BCUT2D eigenvalue weighted by Gasteiger charge is -2.23. The first-order valence-corrected chi connectivity index (χ1v) is 5.19. The summed E-state index contributed by atoms with van der Waals surface area (Å²) in [6, 6.07) is 0. The van der Waals surface area contributed by atoms with E-state index < -0.39 is 0 Å². The van der Waals surface area contributed by atoms with E-state index >= 15 is 0 Å². The van der Waals surface area contributed by atoms with Gasteiger partial charge in [0.25, 0.3) is 0 Å². The topological polar surface area (TPSA) is 35.2 Å². The van der Waals surface area contributed by atoms with E-state index in [-0.39, 0.29) is 5.54 Å². The van der Waals surface area contributed by atoms with Gasteiger partial charge in [-0.05, 0) is 44.9 Å². The van der Waals surface area contributed by atoms with Crippen LogP contribution in [0.4, 0.5) is 0 Å². The fourth-order valence-electron chi connectivity index (χ4n) is 1.89. The van der Waals surface area contributed by atoms with Gasteiger partial charge in [-0.1, -0.05) is 0 Å². The molecule has 1 unspecified atom stereocenters. The van der Waals surface area contributed by atoms with Crippen LogP contribution in [0.15, 0.2) is 0 Å². The number of hydrogen-bond acceptors (Lipinski definition) is 2. The molecule has 2 heteroatoms. The predicted octanol–water partition coefficient (Wildman–Crippen LogP) is 1.83. The van der Waals surface area contributed by atoms with Gasteiger partial charge in [0.05, 0.1) is 6.10 Å². The molecule has 1 heterocycles. The first-order chi connectivity index (χ1) is 5.79. The van der Waals surface area contributed by atoms with Crippen LogP contribution in [0.5, 0.6) is 0 Å². The van der Waals surface area contributed by atoms with Gasteiger partial charge in [-0.2, -0.15) is 0 Å². The van der Waals surface area contributed by atoms with E-state index in [4.69, 9.17) is 10.5 Å². The Hall–Kier alpha value is -0.0800. The minimum absolute atomic E-state index is 0.223. The smallest absolute Gasteiger partial charge is 0.0575 e. The predicted molar refractivity (Wildman–Crippen MR) is 49.0 cm³/mol. The molecular formula is C10H19NO. The molecule has 2 rings (SSSR count). The fraction of sp³-hybridized carbons (Fsp3) is 1.00. The number of hydrogen-bond donors (Lipinski definition) is 1. The molecule has 1 atom stereocenters. The van der Waals surface area contributed by atoms with Crippen molar-refractivity contribution >= 4 is 0 Å². The van der Waals surface area contributed by atoms with E-state index in [1.54, 1.807) is 0 Å². The number of nitrogens with two attached hydrogens (primary N) is 1. The van der Waals surface area contributed by atoms with Gasteiger partial charge in [0.15, 0.2) is 0 Å². The van der Waals surface area contributed by atoms with Gasteiger partial charge in [-0.15, -0.1) is 0 Å².